The monoisotopic (exact) mass is 273 g/mol. The highest BCUT2D eigenvalue weighted by molar-refractivity contribution is 5.95. The molecule has 0 atom stereocenters. The molecule has 0 aromatic heterocycles. The van der Waals surface area contributed by atoms with Crippen molar-refractivity contribution in [3.63, 3.8) is 0 Å². The molecule has 0 saturated carbocycles. The summed E-state index contributed by atoms with van der Waals surface area (Å²) in [6, 6.07) is 6.85. The molecule has 0 aliphatic rings. The van der Waals surface area contributed by atoms with E-state index >= 15 is 0 Å². The summed E-state index contributed by atoms with van der Waals surface area (Å²) in [4.78, 5) is 24.7. The van der Waals surface area contributed by atoms with Crippen LogP contribution < -0.4 is 4.90 Å². The molecule has 0 unspecified atom stereocenters. The predicted octanol–water partition coefficient (Wildman–Crippen LogP) is 3.58. The van der Waals surface area contributed by atoms with Gasteiger partial charge in [-0.2, -0.15) is 0 Å². The fraction of sp³-hybridized carbons (Fsp3) is 0.312. The quantitative estimate of drug-likeness (QED) is 0.622. The molecular formula is C16H19NO3. The average Bonchev–Trinajstić information content (AvgIpc) is 2.37. The molecule has 20 heavy (non-hydrogen) atoms. The summed E-state index contributed by atoms with van der Waals surface area (Å²) in [7, 11) is 0. The number of anilines is 1. The van der Waals surface area contributed by atoms with E-state index in [9.17, 15) is 9.59 Å². The van der Waals surface area contributed by atoms with E-state index in [2.05, 4.69) is 12.3 Å². The van der Waals surface area contributed by atoms with E-state index in [4.69, 9.17) is 4.74 Å². The Labute approximate surface area is 119 Å². The number of aldehydes is 1. The molecule has 1 aromatic carbocycles. The number of para-hydroxylation sites is 1. The lowest BCUT2D eigenvalue weighted by Crippen LogP contribution is -2.37. The van der Waals surface area contributed by atoms with Crippen LogP contribution in [0.5, 0.6) is 0 Å². The van der Waals surface area contributed by atoms with E-state index in [1.165, 1.54) is 4.90 Å². The van der Waals surface area contributed by atoms with Crippen LogP contribution >= 0.6 is 0 Å². The first-order valence-corrected chi connectivity index (χ1v) is 6.28. The lowest BCUT2D eigenvalue weighted by molar-refractivity contribution is 0.0584. The van der Waals surface area contributed by atoms with Crippen molar-refractivity contribution in [2.24, 2.45) is 0 Å². The van der Waals surface area contributed by atoms with Crippen LogP contribution in [0.15, 0.2) is 42.7 Å². The third-order valence-corrected chi connectivity index (χ3v) is 2.39. The molecule has 0 aliphatic carbocycles. The number of carbonyl (C=O) groups excluding carboxylic acids is 2. The average molecular weight is 273 g/mol. The lowest BCUT2D eigenvalue weighted by atomic mass is 10.1. The van der Waals surface area contributed by atoms with Gasteiger partial charge in [0.05, 0.1) is 12.2 Å². The first-order chi connectivity index (χ1) is 9.39. The zero-order valence-electron chi connectivity index (χ0n) is 12.1. The Hall–Kier alpha value is -2.32. The molecule has 0 N–H and O–H groups in total. The minimum atomic E-state index is -0.608. The second-order valence-corrected chi connectivity index (χ2v) is 5.18. The van der Waals surface area contributed by atoms with Gasteiger partial charge in [0.25, 0.3) is 0 Å². The highest BCUT2D eigenvalue weighted by Crippen LogP contribution is 2.21. The summed E-state index contributed by atoms with van der Waals surface area (Å²) < 4.78 is 5.35. The molecule has 1 amide bonds. The molecule has 0 saturated heterocycles. The van der Waals surface area contributed by atoms with Crippen LogP contribution in [0, 0.1) is 0 Å². The summed E-state index contributed by atoms with van der Waals surface area (Å²) in [5.41, 5.74) is 2.93. The van der Waals surface area contributed by atoms with E-state index in [1.54, 1.807) is 51.1 Å². The highest BCUT2D eigenvalue weighted by atomic mass is 16.6. The van der Waals surface area contributed by atoms with Gasteiger partial charge in [0.1, 0.15) is 5.60 Å². The summed E-state index contributed by atoms with van der Waals surface area (Å²) >= 11 is 0. The fourth-order valence-corrected chi connectivity index (χ4v) is 1.58. The van der Waals surface area contributed by atoms with Crippen molar-refractivity contribution < 1.29 is 14.3 Å². The van der Waals surface area contributed by atoms with Crippen LogP contribution in [-0.4, -0.2) is 24.5 Å². The standard InChI is InChI=1S/C16H19NO3/c1-5-6-11-17(15(19)20-16(2,3)4)14-10-8-7-9-13(14)12-18/h6-10,12H,1,11H2,2-4H3. The van der Waals surface area contributed by atoms with Crippen LogP contribution in [0.2, 0.25) is 0 Å². The van der Waals surface area contributed by atoms with Crippen molar-refractivity contribution >= 4 is 18.1 Å². The molecule has 0 fully saturated rings. The molecular weight excluding hydrogens is 254 g/mol. The molecule has 1 rings (SSSR count). The van der Waals surface area contributed by atoms with Gasteiger partial charge < -0.3 is 4.74 Å². The Balaban J connectivity index is 3.14. The van der Waals surface area contributed by atoms with Gasteiger partial charge in [0, 0.05) is 5.56 Å². The molecule has 0 aliphatic heterocycles. The minimum absolute atomic E-state index is 0.239. The second-order valence-electron chi connectivity index (χ2n) is 5.18. The van der Waals surface area contributed by atoms with Crippen LogP contribution in [0.25, 0.3) is 0 Å². The van der Waals surface area contributed by atoms with Crippen LogP contribution in [0.1, 0.15) is 31.1 Å². The number of amides is 1. The molecule has 106 valence electrons. The number of hydrogen-bond donors (Lipinski definition) is 0. The maximum atomic E-state index is 12.3. The zero-order chi connectivity index (χ0) is 15.2. The predicted molar refractivity (Wildman–Crippen MR) is 79.1 cm³/mol. The van der Waals surface area contributed by atoms with Gasteiger partial charge in [-0.3, -0.25) is 9.69 Å². The van der Waals surface area contributed by atoms with Gasteiger partial charge in [-0.25, -0.2) is 4.79 Å². The molecule has 1 aromatic rings. The summed E-state index contributed by atoms with van der Waals surface area (Å²) in [6.45, 7) is 9.08. The zero-order valence-corrected chi connectivity index (χ0v) is 12.1. The molecule has 4 nitrogen and oxygen atoms in total. The van der Waals surface area contributed by atoms with E-state index in [1.807, 2.05) is 0 Å². The summed E-state index contributed by atoms with van der Waals surface area (Å²) in [6.07, 6.45) is 1.80. The SMILES string of the molecule is C=C=CCN(C(=O)OC(C)(C)C)c1ccccc1C=O. The third kappa shape index (κ3) is 4.41. The minimum Gasteiger partial charge on any atom is -0.443 e. The molecule has 4 heteroatoms. The smallest absolute Gasteiger partial charge is 0.415 e. The van der Waals surface area contributed by atoms with Crippen molar-refractivity contribution in [3.8, 4) is 0 Å². The fourth-order valence-electron chi connectivity index (χ4n) is 1.58. The molecule has 0 spiro atoms. The Morgan fingerprint density at radius 1 is 1.40 bits per heavy atom. The largest absolute Gasteiger partial charge is 0.443 e. The Morgan fingerprint density at radius 3 is 2.60 bits per heavy atom. The van der Waals surface area contributed by atoms with E-state index < -0.39 is 11.7 Å². The second kappa shape index (κ2) is 6.73. The molecule has 0 bridgehead atoms. The number of hydrogen-bond acceptors (Lipinski definition) is 3. The van der Waals surface area contributed by atoms with Gasteiger partial charge in [-0.05, 0) is 39.0 Å². The first kappa shape index (κ1) is 15.7. The van der Waals surface area contributed by atoms with Gasteiger partial charge in [0.15, 0.2) is 6.29 Å². The Morgan fingerprint density at radius 2 is 2.05 bits per heavy atom. The number of nitrogens with zero attached hydrogens (tertiary/aromatic N) is 1. The maximum absolute atomic E-state index is 12.3. The van der Waals surface area contributed by atoms with Crippen LogP contribution in [-0.2, 0) is 4.74 Å². The van der Waals surface area contributed by atoms with E-state index in [0.717, 1.165) is 0 Å². The van der Waals surface area contributed by atoms with Crippen molar-refractivity contribution in [1.82, 2.24) is 0 Å². The molecule has 0 radical (unpaired) electrons. The van der Waals surface area contributed by atoms with Crippen molar-refractivity contribution in [3.05, 3.63) is 48.2 Å². The van der Waals surface area contributed by atoms with Crippen LogP contribution in [0.3, 0.4) is 0 Å². The summed E-state index contributed by atoms with van der Waals surface area (Å²) in [5.74, 6) is 0. The number of ether oxygens (including phenoxy) is 1. The topological polar surface area (TPSA) is 46.6 Å². The lowest BCUT2D eigenvalue weighted by Gasteiger charge is -2.27. The number of rotatable bonds is 4. The van der Waals surface area contributed by atoms with E-state index in [0.29, 0.717) is 17.5 Å². The van der Waals surface area contributed by atoms with Gasteiger partial charge in [0.2, 0.25) is 0 Å². The maximum Gasteiger partial charge on any atom is 0.415 e. The third-order valence-electron chi connectivity index (χ3n) is 2.39. The van der Waals surface area contributed by atoms with Gasteiger partial charge >= 0.3 is 6.09 Å². The summed E-state index contributed by atoms with van der Waals surface area (Å²) in [5, 5.41) is 0. The van der Waals surface area contributed by atoms with Gasteiger partial charge in [-0.15, -0.1) is 5.73 Å². The highest BCUT2D eigenvalue weighted by Gasteiger charge is 2.24. The van der Waals surface area contributed by atoms with E-state index in [-0.39, 0.29) is 6.54 Å². The van der Waals surface area contributed by atoms with Crippen molar-refractivity contribution in [2.45, 2.75) is 26.4 Å². The van der Waals surface area contributed by atoms with Gasteiger partial charge in [-0.1, -0.05) is 18.7 Å². The number of carbonyl (C=O) groups is 2. The van der Waals surface area contributed by atoms with Crippen molar-refractivity contribution in [2.75, 3.05) is 11.4 Å². The normalized spacial score (nSPS) is 10.3. The number of benzene rings is 1. The first-order valence-electron chi connectivity index (χ1n) is 6.28. The van der Waals surface area contributed by atoms with Crippen molar-refractivity contribution in [1.29, 1.82) is 0 Å². The molecule has 0 heterocycles. The Bertz CT molecular complexity index is 537. The van der Waals surface area contributed by atoms with Crippen LogP contribution in [0.4, 0.5) is 10.5 Å². The Kier molecular flexibility index (Phi) is 5.30.